The van der Waals surface area contributed by atoms with Crippen molar-refractivity contribution in [1.82, 2.24) is 15.3 Å². The van der Waals surface area contributed by atoms with Crippen LogP contribution in [0.1, 0.15) is 38.1 Å². The van der Waals surface area contributed by atoms with Crippen molar-refractivity contribution in [2.45, 2.75) is 27.7 Å². The third-order valence-electron chi connectivity index (χ3n) is 2.36. The molecule has 0 unspecified atom stereocenters. The number of nitrogens with zero attached hydrogens (tertiary/aromatic N) is 2. The van der Waals surface area contributed by atoms with Gasteiger partial charge < -0.3 is 10.1 Å². The quantitative estimate of drug-likeness (QED) is 0.524. The van der Waals surface area contributed by atoms with Crippen LogP contribution in [0.15, 0.2) is 29.6 Å². The topological polar surface area (TPSA) is 64.1 Å². The summed E-state index contributed by atoms with van der Waals surface area (Å²) in [5, 5.41) is 2.69. The van der Waals surface area contributed by atoms with E-state index in [1.54, 1.807) is 19.1 Å². The summed E-state index contributed by atoms with van der Waals surface area (Å²) < 4.78 is 5.00. The van der Waals surface area contributed by atoms with Gasteiger partial charge in [-0.3, -0.25) is 4.79 Å². The molecule has 22 heavy (non-hydrogen) atoms. The van der Waals surface area contributed by atoms with Gasteiger partial charge in [0.05, 0.1) is 12.8 Å². The van der Waals surface area contributed by atoms with Gasteiger partial charge in [0, 0.05) is 11.8 Å². The minimum Gasteiger partial charge on any atom is -0.480 e. The van der Waals surface area contributed by atoms with E-state index in [0.29, 0.717) is 11.3 Å². The number of halogens is 1. The summed E-state index contributed by atoms with van der Waals surface area (Å²) >= 11 is 5.65. The van der Waals surface area contributed by atoms with Crippen LogP contribution in [0.3, 0.4) is 0 Å². The predicted octanol–water partition coefficient (Wildman–Crippen LogP) is 3.38. The highest BCUT2D eigenvalue weighted by atomic mass is 35.5. The molecule has 0 spiro atoms. The molecule has 0 aliphatic rings. The van der Waals surface area contributed by atoms with Gasteiger partial charge in [-0.2, -0.15) is 4.98 Å². The van der Waals surface area contributed by atoms with Gasteiger partial charge in [0.25, 0.3) is 5.91 Å². The number of methoxy groups -OCH3 is 1. The minimum absolute atomic E-state index is 0.00225. The molecule has 1 aromatic rings. The van der Waals surface area contributed by atoms with E-state index in [1.807, 2.05) is 20.8 Å². The molecule has 0 fully saturated rings. The zero-order valence-electron chi connectivity index (χ0n) is 13.4. The van der Waals surface area contributed by atoms with Crippen LogP contribution in [-0.4, -0.2) is 23.0 Å². The second-order valence-corrected chi connectivity index (χ2v) is 4.04. The first-order valence-corrected chi connectivity index (χ1v) is 7.09. The number of amides is 1. The third-order valence-corrected chi connectivity index (χ3v) is 2.55. The molecule has 0 saturated carbocycles. The van der Waals surface area contributed by atoms with Crippen molar-refractivity contribution in [3.05, 3.63) is 40.5 Å². The van der Waals surface area contributed by atoms with Gasteiger partial charge in [-0.05, 0) is 31.5 Å². The summed E-state index contributed by atoms with van der Waals surface area (Å²) in [6.45, 7) is 7.55. The summed E-state index contributed by atoms with van der Waals surface area (Å²) in [6, 6.07) is 0. The van der Waals surface area contributed by atoms with Crippen molar-refractivity contribution in [2.24, 2.45) is 0 Å². The van der Waals surface area contributed by atoms with Crippen molar-refractivity contribution < 1.29 is 9.53 Å². The summed E-state index contributed by atoms with van der Waals surface area (Å²) in [5.41, 5.74) is 1.30. The van der Waals surface area contributed by atoms with Crippen LogP contribution >= 0.6 is 11.6 Å². The summed E-state index contributed by atoms with van der Waals surface area (Å²) in [6.07, 6.45) is 10.1. The summed E-state index contributed by atoms with van der Waals surface area (Å²) in [4.78, 5) is 19.8. The first-order valence-electron chi connectivity index (χ1n) is 6.71. The molecule has 1 rings (SSSR count). The molecule has 0 aliphatic carbocycles. The van der Waals surface area contributed by atoms with Crippen LogP contribution in [0.2, 0.25) is 5.28 Å². The Morgan fingerprint density at radius 3 is 2.64 bits per heavy atom. The van der Waals surface area contributed by atoms with Gasteiger partial charge in [0.2, 0.25) is 11.2 Å². The lowest BCUT2D eigenvalue weighted by Gasteiger charge is -2.09. The molecule has 0 aliphatic heterocycles. The van der Waals surface area contributed by atoms with E-state index in [0.717, 1.165) is 0 Å². The SMILES string of the molecule is C#C/C(C)=C(/C=C\C)NC(=O)c1cnc(Cl)nc1OC.CC. The number of allylic oxidation sites excluding steroid dienone is 3. The maximum atomic E-state index is 12.2. The Balaban J connectivity index is 0.00000211. The molecular formula is C16H20ClN3O2. The van der Waals surface area contributed by atoms with Crippen molar-refractivity contribution >= 4 is 17.5 Å². The fourth-order valence-corrected chi connectivity index (χ4v) is 1.48. The fraction of sp³-hybridized carbons (Fsp3) is 0.312. The van der Waals surface area contributed by atoms with Gasteiger partial charge >= 0.3 is 0 Å². The first kappa shape index (κ1) is 19.7. The molecule has 1 amide bonds. The van der Waals surface area contributed by atoms with E-state index in [1.165, 1.54) is 13.3 Å². The number of terminal acetylenes is 1. The van der Waals surface area contributed by atoms with Gasteiger partial charge in [-0.25, -0.2) is 4.98 Å². The van der Waals surface area contributed by atoms with E-state index in [9.17, 15) is 4.79 Å². The molecule has 5 nitrogen and oxygen atoms in total. The van der Waals surface area contributed by atoms with Crippen LogP contribution < -0.4 is 10.1 Å². The molecular weight excluding hydrogens is 302 g/mol. The average molecular weight is 322 g/mol. The zero-order chi connectivity index (χ0) is 17.1. The minimum atomic E-state index is -0.429. The number of carbonyl (C=O) groups is 1. The Labute approximate surface area is 136 Å². The van der Waals surface area contributed by atoms with Crippen LogP contribution in [0.5, 0.6) is 5.88 Å². The Bertz CT molecular complexity index is 616. The van der Waals surface area contributed by atoms with Crippen LogP contribution in [0.25, 0.3) is 0 Å². The molecule has 1 heterocycles. The molecule has 0 atom stereocenters. The molecule has 0 radical (unpaired) electrons. The van der Waals surface area contributed by atoms with Crippen molar-refractivity contribution in [3.8, 4) is 18.2 Å². The molecule has 1 N–H and O–H groups in total. The Hall–Kier alpha value is -2.32. The van der Waals surface area contributed by atoms with Gasteiger partial charge in [0.15, 0.2) is 0 Å². The zero-order valence-corrected chi connectivity index (χ0v) is 14.2. The number of aromatic nitrogens is 2. The highest BCUT2D eigenvalue weighted by Gasteiger charge is 2.16. The highest BCUT2D eigenvalue weighted by molar-refractivity contribution is 6.28. The van der Waals surface area contributed by atoms with Crippen molar-refractivity contribution in [2.75, 3.05) is 7.11 Å². The molecule has 118 valence electrons. The highest BCUT2D eigenvalue weighted by Crippen LogP contribution is 2.16. The molecule has 0 aromatic carbocycles. The number of hydrogen-bond acceptors (Lipinski definition) is 4. The number of carbonyl (C=O) groups excluding carboxylic acids is 1. The Kier molecular flexibility index (Phi) is 9.31. The van der Waals surface area contributed by atoms with Gasteiger partial charge in [0.1, 0.15) is 5.56 Å². The number of hydrogen-bond donors (Lipinski definition) is 1. The second kappa shape index (κ2) is 10.4. The normalized spacial score (nSPS) is 11.0. The van der Waals surface area contributed by atoms with E-state index in [4.69, 9.17) is 22.8 Å². The standard InChI is InChI=1S/C14H14ClN3O2.C2H6/c1-5-7-11(9(3)6-2)17-12(19)10-8-16-14(15)18-13(10)20-4;1-2/h2,5,7-8H,1,3-4H3,(H,17,19);1-2H3/b7-5-,11-9-;. The summed E-state index contributed by atoms with van der Waals surface area (Å²) in [7, 11) is 1.39. The molecule has 6 heteroatoms. The van der Waals surface area contributed by atoms with Crippen molar-refractivity contribution in [3.63, 3.8) is 0 Å². The van der Waals surface area contributed by atoms with E-state index >= 15 is 0 Å². The fourth-order valence-electron chi connectivity index (χ4n) is 1.35. The second-order valence-electron chi connectivity index (χ2n) is 3.70. The summed E-state index contributed by atoms with van der Waals surface area (Å²) in [5.74, 6) is 2.14. The molecule has 0 saturated heterocycles. The monoisotopic (exact) mass is 321 g/mol. The molecule has 1 aromatic heterocycles. The van der Waals surface area contributed by atoms with Crippen LogP contribution in [-0.2, 0) is 0 Å². The lowest BCUT2D eigenvalue weighted by molar-refractivity contribution is 0.0962. The molecule has 0 bridgehead atoms. The van der Waals surface area contributed by atoms with E-state index in [-0.39, 0.29) is 16.7 Å². The maximum Gasteiger partial charge on any atom is 0.262 e. The predicted molar refractivity (Wildman–Crippen MR) is 88.8 cm³/mol. The Morgan fingerprint density at radius 2 is 2.14 bits per heavy atom. The van der Waals surface area contributed by atoms with Crippen LogP contribution in [0, 0.1) is 12.3 Å². The largest absolute Gasteiger partial charge is 0.480 e. The number of nitrogens with one attached hydrogen (secondary N) is 1. The van der Waals surface area contributed by atoms with Gasteiger partial charge in [-0.1, -0.05) is 25.8 Å². The lowest BCUT2D eigenvalue weighted by atomic mass is 10.2. The maximum absolute atomic E-state index is 12.2. The van der Waals surface area contributed by atoms with Crippen LogP contribution in [0.4, 0.5) is 0 Å². The smallest absolute Gasteiger partial charge is 0.262 e. The average Bonchev–Trinajstić information content (AvgIpc) is 2.55. The van der Waals surface area contributed by atoms with E-state index in [2.05, 4.69) is 21.2 Å². The Morgan fingerprint density at radius 1 is 1.50 bits per heavy atom. The van der Waals surface area contributed by atoms with Gasteiger partial charge in [-0.15, -0.1) is 6.42 Å². The third kappa shape index (κ3) is 5.58. The van der Waals surface area contributed by atoms with E-state index < -0.39 is 5.91 Å². The number of ether oxygens (including phenoxy) is 1. The van der Waals surface area contributed by atoms with Crippen molar-refractivity contribution in [1.29, 1.82) is 0 Å². The lowest BCUT2D eigenvalue weighted by Crippen LogP contribution is -2.24. The number of rotatable bonds is 4. The first-order chi connectivity index (χ1) is 10.5.